The topological polar surface area (TPSA) is 16.1 Å². The number of piperidine rings is 2. The van der Waals surface area contributed by atoms with Gasteiger partial charge in [0.15, 0.2) is 0 Å². The normalized spacial score (nSPS) is 24.1. The summed E-state index contributed by atoms with van der Waals surface area (Å²) in [5, 5.41) is 0. The zero-order valence-corrected chi connectivity index (χ0v) is 16.1. The molecule has 28 heavy (non-hydrogen) atoms. The molecule has 142 valence electrons. The van der Waals surface area contributed by atoms with E-state index in [1.807, 2.05) is 48.7 Å². The van der Waals surface area contributed by atoms with Crippen LogP contribution in [0.15, 0.2) is 66.9 Å². The fraction of sp³-hybridized carbons (Fsp3) is 0.320. The van der Waals surface area contributed by atoms with Gasteiger partial charge in [-0.05, 0) is 62.0 Å². The summed E-state index contributed by atoms with van der Waals surface area (Å²) in [6.45, 7) is 3.63. The van der Waals surface area contributed by atoms with Gasteiger partial charge >= 0.3 is 0 Å². The maximum absolute atomic E-state index is 14.7. The first-order chi connectivity index (χ1) is 13.7. The average Bonchev–Trinajstić information content (AvgIpc) is 2.74. The lowest BCUT2D eigenvalue weighted by atomic mass is 9.69. The first-order valence-corrected chi connectivity index (χ1v) is 10.3. The van der Waals surface area contributed by atoms with Crippen LogP contribution in [0.3, 0.4) is 0 Å². The lowest BCUT2D eigenvalue weighted by Gasteiger charge is -2.47. The number of fused-ring (bicyclic) bond motifs is 2. The highest BCUT2D eigenvalue weighted by atomic mass is 19.1. The van der Waals surface area contributed by atoms with E-state index in [-0.39, 0.29) is 11.2 Å². The van der Waals surface area contributed by atoms with Crippen LogP contribution in [0.25, 0.3) is 22.4 Å². The number of nitrogens with zero attached hydrogens (tertiary/aromatic N) is 2. The van der Waals surface area contributed by atoms with Crippen LogP contribution in [0.5, 0.6) is 0 Å². The Hall–Kier alpha value is -2.52. The minimum atomic E-state index is -0.205. The molecule has 3 aromatic rings. The van der Waals surface area contributed by atoms with Crippen LogP contribution in [-0.4, -0.2) is 29.5 Å². The third-order valence-electron chi connectivity index (χ3n) is 6.51. The van der Waals surface area contributed by atoms with E-state index in [0.717, 1.165) is 23.4 Å². The van der Waals surface area contributed by atoms with Crippen molar-refractivity contribution >= 4 is 0 Å². The highest BCUT2D eigenvalue weighted by Gasteiger charge is 2.39. The SMILES string of the molecule is Fc1cc(-c2ccc(C34CCCN(CCC3)C4)cn2)ccc1-c1ccccc1. The summed E-state index contributed by atoms with van der Waals surface area (Å²) in [7, 11) is 0. The maximum atomic E-state index is 14.7. The van der Waals surface area contributed by atoms with E-state index in [9.17, 15) is 4.39 Å². The van der Waals surface area contributed by atoms with Gasteiger partial charge in [0.1, 0.15) is 5.82 Å². The molecule has 0 aliphatic carbocycles. The van der Waals surface area contributed by atoms with Crippen molar-refractivity contribution in [1.29, 1.82) is 0 Å². The van der Waals surface area contributed by atoms with E-state index >= 15 is 0 Å². The van der Waals surface area contributed by atoms with Crippen LogP contribution in [0.2, 0.25) is 0 Å². The van der Waals surface area contributed by atoms with Crippen molar-refractivity contribution in [2.75, 3.05) is 19.6 Å². The summed E-state index contributed by atoms with van der Waals surface area (Å²) < 4.78 is 14.7. The van der Waals surface area contributed by atoms with E-state index in [1.54, 1.807) is 6.07 Å². The van der Waals surface area contributed by atoms with Crippen LogP contribution in [-0.2, 0) is 5.41 Å². The first kappa shape index (κ1) is 17.6. The molecule has 2 fully saturated rings. The largest absolute Gasteiger partial charge is 0.302 e. The van der Waals surface area contributed by atoms with Gasteiger partial charge in [-0.1, -0.05) is 48.5 Å². The lowest BCUT2D eigenvalue weighted by molar-refractivity contribution is 0.0941. The van der Waals surface area contributed by atoms with Crippen molar-refractivity contribution in [3.8, 4) is 22.4 Å². The minimum absolute atomic E-state index is 0.205. The third-order valence-corrected chi connectivity index (χ3v) is 6.51. The molecule has 0 radical (unpaired) electrons. The molecule has 0 unspecified atom stereocenters. The van der Waals surface area contributed by atoms with Gasteiger partial charge in [-0.25, -0.2) is 4.39 Å². The summed E-state index contributed by atoms with van der Waals surface area (Å²) in [4.78, 5) is 7.32. The molecule has 5 rings (SSSR count). The molecule has 0 amide bonds. The second-order valence-electron chi connectivity index (χ2n) is 8.26. The molecular formula is C25H25FN2. The van der Waals surface area contributed by atoms with Crippen molar-refractivity contribution in [2.45, 2.75) is 31.1 Å². The third kappa shape index (κ3) is 3.14. The Morgan fingerprint density at radius 2 is 1.64 bits per heavy atom. The number of hydrogen-bond donors (Lipinski definition) is 0. The van der Waals surface area contributed by atoms with Gasteiger partial charge in [-0.3, -0.25) is 4.98 Å². The highest BCUT2D eigenvalue weighted by molar-refractivity contribution is 5.69. The summed E-state index contributed by atoms with van der Waals surface area (Å²) in [5.74, 6) is -0.205. The van der Waals surface area contributed by atoms with Crippen LogP contribution < -0.4 is 0 Å². The van der Waals surface area contributed by atoms with Gasteiger partial charge in [-0.2, -0.15) is 0 Å². The lowest BCUT2D eigenvalue weighted by Crippen LogP contribution is -2.50. The number of aromatic nitrogens is 1. The molecule has 3 heteroatoms. The Morgan fingerprint density at radius 3 is 2.32 bits per heavy atom. The highest BCUT2D eigenvalue weighted by Crippen LogP contribution is 2.41. The van der Waals surface area contributed by atoms with Gasteiger partial charge in [0.25, 0.3) is 0 Å². The molecule has 3 heterocycles. The average molecular weight is 372 g/mol. The summed E-state index contributed by atoms with van der Waals surface area (Å²) in [6, 6.07) is 19.4. The Morgan fingerprint density at radius 1 is 0.857 bits per heavy atom. The maximum Gasteiger partial charge on any atom is 0.131 e. The second kappa shape index (κ2) is 7.14. The van der Waals surface area contributed by atoms with E-state index in [1.165, 1.54) is 44.3 Å². The van der Waals surface area contributed by atoms with Gasteiger partial charge in [0.2, 0.25) is 0 Å². The van der Waals surface area contributed by atoms with Gasteiger partial charge in [0, 0.05) is 29.3 Å². The van der Waals surface area contributed by atoms with Crippen molar-refractivity contribution in [3.63, 3.8) is 0 Å². The van der Waals surface area contributed by atoms with E-state index in [4.69, 9.17) is 4.98 Å². The molecular weight excluding hydrogens is 347 g/mol. The predicted molar refractivity (Wildman–Crippen MR) is 112 cm³/mol. The Labute approximate surface area is 166 Å². The van der Waals surface area contributed by atoms with Crippen LogP contribution in [0.4, 0.5) is 4.39 Å². The van der Waals surface area contributed by atoms with Crippen molar-refractivity contribution < 1.29 is 4.39 Å². The number of benzene rings is 2. The molecule has 2 nitrogen and oxygen atoms in total. The zero-order chi connectivity index (χ0) is 19.0. The van der Waals surface area contributed by atoms with Crippen LogP contribution >= 0.6 is 0 Å². The first-order valence-electron chi connectivity index (χ1n) is 10.3. The number of rotatable bonds is 3. The fourth-order valence-electron chi connectivity index (χ4n) is 5.05. The molecule has 2 bridgehead atoms. The number of halogens is 1. The standard InChI is InChI=1S/C25H25FN2/c26-23-16-20(8-10-22(23)19-6-2-1-3-7-19)24-11-9-21(17-27-24)25-12-4-14-28(18-25)15-5-13-25/h1-3,6-11,16-17H,4-5,12-15,18H2. The predicted octanol–water partition coefficient (Wildman–Crippen LogP) is 5.68. The van der Waals surface area contributed by atoms with E-state index in [2.05, 4.69) is 17.0 Å². The van der Waals surface area contributed by atoms with Gasteiger partial charge < -0.3 is 4.90 Å². The van der Waals surface area contributed by atoms with Gasteiger partial charge in [-0.15, -0.1) is 0 Å². The van der Waals surface area contributed by atoms with Crippen molar-refractivity contribution in [1.82, 2.24) is 9.88 Å². The van der Waals surface area contributed by atoms with Crippen molar-refractivity contribution in [3.05, 3.63) is 78.2 Å². The van der Waals surface area contributed by atoms with Gasteiger partial charge in [0.05, 0.1) is 5.69 Å². The monoisotopic (exact) mass is 372 g/mol. The summed E-state index contributed by atoms with van der Waals surface area (Å²) >= 11 is 0. The van der Waals surface area contributed by atoms with E-state index < -0.39 is 0 Å². The smallest absolute Gasteiger partial charge is 0.131 e. The molecule has 1 aromatic heterocycles. The molecule has 0 N–H and O–H groups in total. The summed E-state index contributed by atoms with van der Waals surface area (Å²) in [6.07, 6.45) is 7.09. The second-order valence-corrected chi connectivity index (χ2v) is 8.26. The molecule has 0 spiro atoms. The quantitative estimate of drug-likeness (QED) is 0.588. The Kier molecular flexibility index (Phi) is 4.48. The Bertz CT molecular complexity index is 956. The fourth-order valence-corrected chi connectivity index (χ4v) is 5.05. The number of pyridine rings is 1. The van der Waals surface area contributed by atoms with E-state index in [0.29, 0.717) is 5.56 Å². The molecule has 2 aliphatic rings. The molecule has 2 saturated heterocycles. The minimum Gasteiger partial charge on any atom is -0.302 e. The number of hydrogen-bond acceptors (Lipinski definition) is 2. The molecule has 2 aromatic carbocycles. The summed E-state index contributed by atoms with van der Waals surface area (Å²) in [5.41, 5.74) is 4.81. The molecule has 0 atom stereocenters. The van der Waals surface area contributed by atoms with Crippen molar-refractivity contribution in [2.24, 2.45) is 0 Å². The Balaban J connectivity index is 1.42. The molecule has 2 aliphatic heterocycles. The van der Waals surface area contributed by atoms with Crippen LogP contribution in [0.1, 0.15) is 31.2 Å². The molecule has 0 saturated carbocycles. The zero-order valence-electron chi connectivity index (χ0n) is 16.1. The van der Waals surface area contributed by atoms with Crippen LogP contribution in [0, 0.1) is 5.82 Å².